The Balaban J connectivity index is 2.05. The molecular weight excluding hydrogens is 294 g/mol. The van der Waals surface area contributed by atoms with Crippen LogP contribution in [-0.2, 0) is 4.87 Å². The first-order chi connectivity index (χ1) is 10.6. The highest BCUT2D eigenvalue weighted by molar-refractivity contribution is 8.00. The second-order valence-corrected chi connectivity index (χ2v) is 7.00. The Kier molecular flexibility index (Phi) is 2.87. The van der Waals surface area contributed by atoms with Gasteiger partial charge < -0.3 is 16.0 Å². The van der Waals surface area contributed by atoms with Crippen molar-refractivity contribution in [2.75, 3.05) is 23.3 Å². The number of nitrogens with zero attached hydrogens (tertiary/aromatic N) is 1. The number of para-hydroxylation sites is 1. The van der Waals surface area contributed by atoms with Gasteiger partial charge in [0.05, 0.1) is 0 Å². The maximum atomic E-state index is 12.6. The number of aryl methyl sites for hydroxylation is 1. The van der Waals surface area contributed by atoms with Crippen molar-refractivity contribution < 1.29 is 4.79 Å². The van der Waals surface area contributed by atoms with Crippen LogP contribution in [0.15, 0.2) is 42.5 Å². The van der Waals surface area contributed by atoms with E-state index in [0.29, 0.717) is 0 Å². The molecule has 22 heavy (non-hydrogen) atoms. The van der Waals surface area contributed by atoms with Gasteiger partial charge in [-0.25, -0.2) is 4.79 Å². The van der Waals surface area contributed by atoms with Gasteiger partial charge in [-0.15, -0.1) is 11.8 Å². The van der Waals surface area contributed by atoms with Crippen molar-refractivity contribution in [1.29, 1.82) is 0 Å². The zero-order valence-corrected chi connectivity index (χ0v) is 13.1. The number of nitrogens with two attached hydrogens (primary N) is 1. The summed E-state index contributed by atoms with van der Waals surface area (Å²) in [5.41, 5.74) is 11.2. The molecule has 2 heterocycles. The predicted octanol–water partition coefficient (Wildman–Crippen LogP) is 3.37. The Morgan fingerprint density at radius 1 is 1.23 bits per heavy atom. The summed E-state index contributed by atoms with van der Waals surface area (Å²) >= 11 is 1.78. The summed E-state index contributed by atoms with van der Waals surface area (Å²) in [6.07, 6.45) is 0. The molecule has 0 spiro atoms. The highest BCUT2D eigenvalue weighted by Gasteiger charge is 2.52. The van der Waals surface area contributed by atoms with Gasteiger partial charge in [0.2, 0.25) is 0 Å². The first kappa shape index (κ1) is 13.5. The number of rotatable bonds is 1. The summed E-state index contributed by atoms with van der Waals surface area (Å²) in [7, 11) is 0. The molecule has 4 rings (SSSR count). The Labute approximate surface area is 133 Å². The molecule has 0 bridgehead atoms. The van der Waals surface area contributed by atoms with Crippen molar-refractivity contribution in [3.8, 4) is 0 Å². The summed E-state index contributed by atoms with van der Waals surface area (Å²) < 4.78 is 0. The molecule has 2 aliphatic rings. The Hall–Kier alpha value is -2.14. The Bertz CT molecular complexity index is 776. The van der Waals surface area contributed by atoms with E-state index < -0.39 is 4.87 Å². The van der Waals surface area contributed by atoms with Crippen LogP contribution in [0.2, 0.25) is 0 Å². The molecule has 0 radical (unpaired) electrons. The monoisotopic (exact) mass is 311 g/mol. The number of anilines is 2. The van der Waals surface area contributed by atoms with E-state index in [1.54, 1.807) is 11.8 Å². The average molecular weight is 311 g/mol. The molecule has 1 saturated heterocycles. The molecule has 4 nitrogen and oxygen atoms in total. The van der Waals surface area contributed by atoms with E-state index in [2.05, 4.69) is 24.4 Å². The normalized spacial score (nSPS) is 23.0. The van der Waals surface area contributed by atoms with Gasteiger partial charge in [-0.2, -0.15) is 0 Å². The molecule has 1 unspecified atom stereocenters. The number of carbonyl (C=O) groups excluding carboxylic acids is 1. The van der Waals surface area contributed by atoms with Gasteiger partial charge in [-0.1, -0.05) is 35.9 Å². The maximum absolute atomic E-state index is 12.6. The third-order valence-electron chi connectivity index (χ3n) is 4.36. The zero-order valence-electron chi connectivity index (χ0n) is 12.3. The fraction of sp³-hybridized carbons (Fsp3) is 0.235. The van der Waals surface area contributed by atoms with Gasteiger partial charge >= 0.3 is 6.03 Å². The van der Waals surface area contributed by atoms with E-state index in [1.165, 1.54) is 0 Å². The van der Waals surface area contributed by atoms with Crippen molar-refractivity contribution >= 4 is 29.2 Å². The highest BCUT2D eigenvalue weighted by atomic mass is 32.2. The lowest BCUT2D eigenvalue weighted by atomic mass is 9.91. The second kappa shape index (κ2) is 4.68. The third-order valence-corrected chi connectivity index (χ3v) is 5.82. The van der Waals surface area contributed by atoms with E-state index in [-0.39, 0.29) is 6.03 Å². The Morgan fingerprint density at radius 2 is 2.05 bits per heavy atom. The molecule has 0 aromatic heterocycles. The number of hydrogen-bond acceptors (Lipinski definition) is 3. The minimum atomic E-state index is -0.519. The van der Waals surface area contributed by atoms with Crippen molar-refractivity contribution in [2.45, 2.75) is 11.8 Å². The van der Waals surface area contributed by atoms with Gasteiger partial charge in [0.1, 0.15) is 4.87 Å². The first-order valence-corrected chi connectivity index (χ1v) is 8.30. The summed E-state index contributed by atoms with van der Waals surface area (Å²) in [6.45, 7) is 2.77. The van der Waals surface area contributed by atoms with Crippen LogP contribution in [-0.4, -0.2) is 23.2 Å². The molecule has 0 saturated carbocycles. The number of nitrogens with one attached hydrogen (secondary N) is 1. The summed E-state index contributed by atoms with van der Waals surface area (Å²) in [4.78, 5) is 14.0. The lowest BCUT2D eigenvalue weighted by Gasteiger charge is -2.43. The molecule has 2 aromatic carbocycles. The SMILES string of the molecule is Cc1ccc(N)c(C23SCCN2C(=O)Nc2ccccc23)c1. The number of amides is 2. The molecule has 2 amide bonds. The second-order valence-electron chi connectivity index (χ2n) is 5.71. The van der Waals surface area contributed by atoms with E-state index >= 15 is 0 Å². The lowest BCUT2D eigenvalue weighted by Crippen LogP contribution is -2.50. The fourth-order valence-electron chi connectivity index (χ4n) is 3.39. The number of nitrogen functional groups attached to an aromatic ring is 1. The number of thioether (sulfide) groups is 1. The van der Waals surface area contributed by atoms with Crippen LogP contribution in [0, 0.1) is 6.92 Å². The van der Waals surface area contributed by atoms with Crippen molar-refractivity contribution in [3.63, 3.8) is 0 Å². The quantitative estimate of drug-likeness (QED) is 0.794. The molecule has 2 aromatic rings. The number of benzene rings is 2. The minimum absolute atomic E-state index is 0.0513. The van der Waals surface area contributed by atoms with E-state index in [0.717, 1.165) is 40.4 Å². The standard InChI is InChI=1S/C17H17N3OS/c1-11-6-7-14(18)13(10-11)17-12-4-2-3-5-15(12)19-16(21)20(17)8-9-22-17/h2-7,10H,8-9,18H2,1H3,(H,19,21). The van der Waals surface area contributed by atoms with Crippen molar-refractivity contribution in [3.05, 3.63) is 59.2 Å². The average Bonchev–Trinajstić information content (AvgIpc) is 2.96. The Morgan fingerprint density at radius 3 is 2.91 bits per heavy atom. The smallest absolute Gasteiger partial charge is 0.323 e. The van der Waals surface area contributed by atoms with E-state index in [4.69, 9.17) is 5.73 Å². The molecule has 3 N–H and O–H groups in total. The largest absolute Gasteiger partial charge is 0.398 e. The summed E-state index contributed by atoms with van der Waals surface area (Å²) in [6, 6.07) is 14.0. The van der Waals surface area contributed by atoms with Crippen LogP contribution in [0.1, 0.15) is 16.7 Å². The van der Waals surface area contributed by atoms with Gasteiger partial charge in [-0.3, -0.25) is 0 Å². The van der Waals surface area contributed by atoms with Gasteiger partial charge in [0.25, 0.3) is 0 Å². The zero-order chi connectivity index (χ0) is 15.3. The van der Waals surface area contributed by atoms with Crippen LogP contribution in [0.5, 0.6) is 0 Å². The topological polar surface area (TPSA) is 58.4 Å². The predicted molar refractivity (Wildman–Crippen MR) is 91.0 cm³/mol. The van der Waals surface area contributed by atoms with E-state index in [1.807, 2.05) is 35.2 Å². The summed E-state index contributed by atoms with van der Waals surface area (Å²) in [5.74, 6) is 0.898. The minimum Gasteiger partial charge on any atom is -0.398 e. The summed E-state index contributed by atoms with van der Waals surface area (Å²) in [5, 5.41) is 2.99. The fourth-order valence-corrected chi connectivity index (χ4v) is 4.95. The number of hydrogen-bond donors (Lipinski definition) is 2. The molecule has 2 aliphatic heterocycles. The molecule has 0 aliphatic carbocycles. The maximum Gasteiger partial charge on any atom is 0.323 e. The van der Waals surface area contributed by atoms with Gasteiger partial charge in [0, 0.05) is 34.8 Å². The third kappa shape index (κ3) is 1.69. The lowest BCUT2D eigenvalue weighted by molar-refractivity contribution is 0.195. The van der Waals surface area contributed by atoms with Crippen molar-refractivity contribution in [1.82, 2.24) is 4.90 Å². The first-order valence-electron chi connectivity index (χ1n) is 7.31. The molecule has 1 fully saturated rings. The molecule has 5 heteroatoms. The van der Waals surface area contributed by atoms with Gasteiger partial charge in [0.15, 0.2) is 0 Å². The number of fused-ring (bicyclic) bond motifs is 3. The van der Waals surface area contributed by atoms with E-state index in [9.17, 15) is 4.79 Å². The van der Waals surface area contributed by atoms with Crippen LogP contribution >= 0.6 is 11.8 Å². The van der Waals surface area contributed by atoms with Crippen LogP contribution in [0.25, 0.3) is 0 Å². The van der Waals surface area contributed by atoms with Crippen LogP contribution in [0.4, 0.5) is 16.2 Å². The van der Waals surface area contributed by atoms with Crippen LogP contribution in [0.3, 0.4) is 0 Å². The van der Waals surface area contributed by atoms with Crippen molar-refractivity contribution in [2.24, 2.45) is 0 Å². The molecular formula is C17H17N3OS. The number of carbonyl (C=O) groups is 1. The molecule has 112 valence electrons. The van der Waals surface area contributed by atoms with Gasteiger partial charge in [-0.05, 0) is 19.1 Å². The molecule has 1 atom stereocenters. The highest BCUT2D eigenvalue weighted by Crippen LogP contribution is 2.55. The van der Waals surface area contributed by atoms with Crippen LogP contribution < -0.4 is 11.1 Å². The number of urea groups is 1.